The summed E-state index contributed by atoms with van der Waals surface area (Å²) in [7, 11) is 5.18. The summed E-state index contributed by atoms with van der Waals surface area (Å²) in [6.07, 6.45) is 1.93. The summed E-state index contributed by atoms with van der Waals surface area (Å²) in [5.74, 6) is 3.42. The first-order valence-corrected chi connectivity index (χ1v) is 10.4. The SMILES string of the molecule is CN=C(NCCCOc1ccc(OC)cc1)NC1CCN(c2ccccc2OC)C1. The van der Waals surface area contributed by atoms with Crippen LogP contribution in [0.5, 0.6) is 17.2 Å². The highest BCUT2D eigenvalue weighted by Crippen LogP contribution is 2.30. The number of nitrogens with zero attached hydrogens (tertiary/aromatic N) is 2. The molecule has 0 amide bonds. The van der Waals surface area contributed by atoms with Crippen molar-refractivity contribution in [2.24, 2.45) is 4.99 Å². The molecular formula is C23H32N4O3. The van der Waals surface area contributed by atoms with Crippen molar-refractivity contribution in [3.8, 4) is 17.2 Å². The van der Waals surface area contributed by atoms with E-state index in [1.54, 1.807) is 21.3 Å². The predicted molar refractivity (Wildman–Crippen MR) is 121 cm³/mol. The Morgan fingerprint density at radius 3 is 2.57 bits per heavy atom. The van der Waals surface area contributed by atoms with Gasteiger partial charge in [0, 0.05) is 32.7 Å². The van der Waals surface area contributed by atoms with E-state index in [0.717, 1.165) is 61.4 Å². The number of guanidine groups is 1. The minimum atomic E-state index is 0.344. The van der Waals surface area contributed by atoms with Crippen molar-refractivity contribution in [2.75, 3.05) is 52.4 Å². The van der Waals surface area contributed by atoms with Crippen LogP contribution in [0.2, 0.25) is 0 Å². The van der Waals surface area contributed by atoms with Crippen molar-refractivity contribution in [1.82, 2.24) is 10.6 Å². The monoisotopic (exact) mass is 412 g/mol. The maximum absolute atomic E-state index is 5.76. The van der Waals surface area contributed by atoms with Gasteiger partial charge in [0.2, 0.25) is 0 Å². The third kappa shape index (κ3) is 5.95. The molecule has 0 aliphatic carbocycles. The minimum Gasteiger partial charge on any atom is -0.497 e. The second-order valence-electron chi connectivity index (χ2n) is 7.12. The number of nitrogens with one attached hydrogen (secondary N) is 2. The van der Waals surface area contributed by atoms with E-state index in [1.807, 2.05) is 42.5 Å². The number of hydrogen-bond acceptors (Lipinski definition) is 5. The smallest absolute Gasteiger partial charge is 0.191 e. The lowest BCUT2D eigenvalue weighted by Crippen LogP contribution is -2.45. The Hall–Kier alpha value is -3.09. The number of anilines is 1. The van der Waals surface area contributed by atoms with Gasteiger partial charge in [-0.3, -0.25) is 4.99 Å². The van der Waals surface area contributed by atoms with E-state index in [9.17, 15) is 0 Å². The van der Waals surface area contributed by atoms with Crippen molar-refractivity contribution >= 4 is 11.6 Å². The summed E-state index contributed by atoms with van der Waals surface area (Å²) in [4.78, 5) is 6.71. The molecule has 7 heteroatoms. The second kappa shape index (κ2) is 11.2. The summed E-state index contributed by atoms with van der Waals surface area (Å²) in [6, 6.07) is 16.1. The fourth-order valence-electron chi connectivity index (χ4n) is 3.52. The molecule has 2 aromatic carbocycles. The fraction of sp³-hybridized carbons (Fsp3) is 0.435. The maximum atomic E-state index is 5.76. The minimum absolute atomic E-state index is 0.344. The number of aliphatic imine (C=N–C) groups is 1. The largest absolute Gasteiger partial charge is 0.497 e. The Bertz CT molecular complexity index is 810. The van der Waals surface area contributed by atoms with E-state index in [-0.39, 0.29) is 0 Å². The number of ether oxygens (including phenoxy) is 3. The molecule has 0 aromatic heterocycles. The van der Waals surface area contributed by atoms with Gasteiger partial charge >= 0.3 is 0 Å². The molecule has 2 N–H and O–H groups in total. The van der Waals surface area contributed by atoms with Gasteiger partial charge in [-0.25, -0.2) is 0 Å². The van der Waals surface area contributed by atoms with Crippen molar-refractivity contribution < 1.29 is 14.2 Å². The van der Waals surface area contributed by atoms with Gasteiger partial charge in [-0.15, -0.1) is 0 Å². The van der Waals surface area contributed by atoms with Crippen LogP contribution in [0.3, 0.4) is 0 Å². The molecule has 1 fully saturated rings. The van der Waals surface area contributed by atoms with Gasteiger partial charge in [-0.1, -0.05) is 12.1 Å². The van der Waals surface area contributed by atoms with E-state index in [0.29, 0.717) is 12.6 Å². The van der Waals surface area contributed by atoms with Gasteiger partial charge < -0.3 is 29.7 Å². The molecule has 162 valence electrons. The topological polar surface area (TPSA) is 67.4 Å². The van der Waals surface area contributed by atoms with Gasteiger partial charge in [-0.05, 0) is 49.2 Å². The van der Waals surface area contributed by atoms with Crippen LogP contribution in [-0.2, 0) is 0 Å². The summed E-state index contributed by atoms with van der Waals surface area (Å²) in [6.45, 7) is 3.34. The molecule has 0 spiro atoms. The van der Waals surface area contributed by atoms with Crippen LogP contribution in [0.4, 0.5) is 5.69 Å². The molecule has 1 saturated heterocycles. The third-order valence-corrected chi connectivity index (χ3v) is 5.12. The number of hydrogen-bond donors (Lipinski definition) is 2. The Morgan fingerprint density at radius 1 is 1.07 bits per heavy atom. The van der Waals surface area contributed by atoms with E-state index in [2.05, 4.69) is 26.6 Å². The predicted octanol–water partition coefficient (Wildman–Crippen LogP) is 2.92. The van der Waals surface area contributed by atoms with Crippen molar-refractivity contribution in [2.45, 2.75) is 18.9 Å². The third-order valence-electron chi connectivity index (χ3n) is 5.12. The summed E-state index contributed by atoms with van der Waals surface area (Å²) in [5, 5.41) is 6.90. The highest BCUT2D eigenvalue weighted by molar-refractivity contribution is 5.80. The molecule has 1 aliphatic rings. The van der Waals surface area contributed by atoms with Crippen LogP contribution in [-0.4, -0.2) is 59.5 Å². The maximum Gasteiger partial charge on any atom is 0.191 e. The zero-order valence-electron chi connectivity index (χ0n) is 18.1. The lowest BCUT2D eigenvalue weighted by atomic mass is 10.2. The van der Waals surface area contributed by atoms with Crippen molar-refractivity contribution in [1.29, 1.82) is 0 Å². The highest BCUT2D eigenvalue weighted by Gasteiger charge is 2.25. The van der Waals surface area contributed by atoms with Crippen molar-refractivity contribution in [3.63, 3.8) is 0 Å². The molecular weight excluding hydrogens is 380 g/mol. The van der Waals surface area contributed by atoms with Gasteiger partial charge in [0.15, 0.2) is 5.96 Å². The standard InChI is InChI=1S/C23H32N4O3/c1-24-23(25-14-6-16-30-20-11-9-19(28-2)10-12-20)26-18-13-15-27(17-18)21-7-4-5-8-22(21)29-3/h4-5,7-12,18H,6,13-17H2,1-3H3,(H2,24,25,26). The number of methoxy groups -OCH3 is 2. The highest BCUT2D eigenvalue weighted by atomic mass is 16.5. The molecule has 0 bridgehead atoms. The Kier molecular flexibility index (Phi) is 8.06. The zero-order chi connectivity index (χ0) is 21.2. The Balaban J connectivity index is 1.37. The zero-order valence-corrected chi connectivity index (χ0v) is 18.1. The summed E-state index contributed by atoms with van der Waals surface area (Å²) in [5.41, 5.74) is 1.14. The molecule has 3 rings (SSSR count). The number of para-hydroxylation sites is 2. The lowest BCUT2D eigenvalue weighted by Gasteiger charge is -2.22. The van der Waals surface area contributed by atoms with E-state index < -0.39 is 0 Å². The molecule has 0 saturated carbocycles. The normalized spacial score (nSPS) is 16.3. The summed E-state index contributed by atoms with van der Waals surface area (Å²) >= 11 is 0. The first kappa shape index (κ1) is 21.6. The van der Waals surface area contributed by atoms with E-state index >= 15 is 0 Å². The molecule has 2 aromatic rings. The first-order valence-electron chi connectivity index (χ1n) is 10.4. The van der Waals surface area contributed by atoms with Crippen LogP contribution in [0.15, 0.2) is 53.5 Å². The Labute approximate surface area is 179 Å². The number of rotatable bonds is 9. The van der Waals surface area contributed by atoms with Crippen molar-refractivity contribution in [3.05, 3.63) is 48.5 Å². The van der Waals surface area contributed by atoms with Gasteiger partial charge in [0.1, 0.15) is 17.2 Å². The van der Waals surface area contributed by atoms with Crippen LogP contribution in [0.1, 0.15) is 12.8 Å². The molecule has 30 heavy (non-hydrogen) atoms. The first-order chi connectivity index (χ1) is 14.7. The molecule has 1 atom stereocenters. The molecule has 1 aliphatic heterocycles. The molecule has 7 nitrogen and oxygen atoms in total. The van der Waals surface area contributed by atoms with Gasteiger partial charge in [0.25, 0.3) is 0 Å². The number of benzene rings is 2. The Morgan fingerprint density at radius 2 is 1.83 bits per heavy atom. The van der Waals surface area contributed by atoms with Gasteiger partial charge in [0.05, 0.1) is 26.5 Å². The van der Waals surface area contributed by atoms with Crippen LogP contribution in [0.25, 0.3) is 0 Å². The fourth-order valence-corrected chi connectivity index (χ4v) is 3.52. The average Bonchev–Trinajstić information content (AvgIpc) is 3.26. The molecule has 1 unspecified atom stereocenters. The molecule has 0 radical (unpaired) electrons. The summed E-state index contributed by atoms with van der Waals surface area (Å²) < 4.78 is 16.4. The van der Waals surface area contributed by atoms with Crippen LogP contribution in [0, 0.1) is 0 Å². The quantitative estimate of drug-likeness (QED) is 0.375. The van der Waals surface area contributed by atoms with Crippen LogP contribution < -0.4 is 29.7 Å². The second-order valence-corrected chi connectivity index (χ2v) is 7.12. The average molecular weight is 413 g/mol. The van der Waals surface area contributed by atoms with Crippen LogP contribution >= 0.6 is 0 Å². The van der Waals surface area contributed by atoms with Gasteiger partial charge in [-0.2, -0.15) is 0 Å². The van der Waals surface area contributed by atoms with E-state index in [1.165, 1.54) is 0 Å². The lowest BCUT2D eigenvalue weighted by molar-refractivity contribution is 0.310. The molecule has 1 heterocycles. The van der Waals surface area contributed by atoms with E-state index in [4.69, 9.17) is 14.2 Å².